The molecule has 30 heavy (non-hydrogen) atoms. The summed E-state index contributed by atoms with van der Waals surface area (Å²) >= 11 is 0.195. The van der Waals surface area contributed by atoms with Gasteiger partial charge in [0.15, 0.2) is 11.0 Å². The lowest BCUT2D eigenvalue weighted by atomic mass is 10.2. The zero-order valence-corrected chi connectivity index (χ0v) is 16.2. The van der Waals surface area contributed by atoms with E-state index < -0.39 is 43.1 Å². The second-order valence-electron chi connectivity index (χ2n) is 5.77. The van der Waals surface area contributed by atoms with Crippen LogP contribution in [0.5, 0.6) is 5.75 Å². The van der Waals surface area contributed by atoms with Crippen molar-refractivity contribution in [1.82, 2.24) is 19.7 Å². The molecular weight excluding hydrogens is 403 g/mol. The van der Waals surface area contributed by atoms with Gasteiger partial charge in [-0.3, -0.25) is 9.55 Å². The predicted molar refractivity (Wildman–Crippen MR) is 112 cm³/mol. The maximum atomic E-state index is 14.3. The summed E-state index contributed by atoms with van der Waals surface area (Å²) in [6, 6.07) is 7.02. The lowest BCUT2D eigenvalue weighted by molar-refractivity contribution is 0.291. The van der Waals surface area contributed by atoms with Crippen LogP contribution in [0.25, 0.3) is 5.69 Å². The first-order valence-corrected chi connectivity index (χ1v) is 9.50. The molecule has 1 aliphatic rings. The molecule has 154 valence electrons. The maximum absolute atomic E-state index is 14.3. The van der Waals surface area contributed by atoms with Gasteiger partial charge in [-0.25, -0.2) is 4.39 Å². The van der Waals surface area contributed by atoms with Gasteiger partial charge < -0.3 is 9.84 Å². The van der Waals surface area contributed by atoms with Crippen molar-refractivity contribution in [2.75, 3.05) is 6.61 Å². The maximum Gasteiger partial charge on any atom is 0.196 e. The molecule has 2 heterocycles. The summed E-state index contributed by atoms with van der Waals surface area (Å²) < 4.78 is 95.4. The number of ether oxygens (including phenoxy) is 1. The lowest BCUT2D eigenvalue weighted by Gasteiger charge is -2.13. The Bertz CT molecular complexity index is 1420. The SMILES string of the molecule is [2H]C1([2H])C([2H])([2H])C([2H])([2H])C([2H])(Sc2nnc(COc3ccc(C#CCO)c(F)c3)n2-c2cccnc2)C1([2H])[2H]. The summed E-state index contributed by atoms with van der Waals surface area (Å²) in [7, 11) is 0. The van der Waals surface area contributed by atoms with Gasteiger partial charge in [-0.15, -0.1) is 10.2 Å². The van der Waals surface area contributed by atoms with E-state index in [1.807, 2.05) is 0 Å². The third kappa shape index (κ3) is 4.81. The van der Waals surface area contributed by atoms with Crippen molar-refractivity contribution in [2.45, 2.75) is 42.5 Å². The molecular formula is C22H21FN4O2S. The zero-order valence-electron chi connectivity index (χ0n) is 24.4. The number of rotatable bonds is 6. The molecule has 1 saturated carbocycles. The molecule has 0 saturated heterocycles. The highest BCUT2D eigenvalue weighted by molar-refractivity contribution is 7.99. The molecule has 4 rings (SSSR count). The van der Waals surface area contributed by atoms with Crippen molar-refractivity contribution in [3.63, 3.8) is 0 Å². The molecule has 6 nitrogen and oxygen atoms in total. The second-order valence-corrected chi connectivity index (χ2v) is 6.74. The molecule has 1 N–H and O–H groups in total. The molecule has 1 fully saturated rings. The van der Waals surface area contributed by atoms with Gasteiger partial charge in [0, 0.05) is 29.8 Å². The van der Waals surface area contributed by atoms with Crippen LogP contribution in [0.4, 0.5) is 4.39 Å². The molecule has 8 heteroatoms. The number of pyridine rings is 1. The molecule has 1 aliphatic carbocycles. The van der Waals surface area contributed by atoms with E-state index >= 15 is 0 Å². The van der Waals surface area contributed by atoms with Crippen LogP contribution in [0, 0.1) is 17.7 Å². The molecule has 0 radical (unpaired) electrons. The number of aliphatic hydroxyl groups is 1. The number of nitrogens with zero attached hydrogens (tertiary/aromatic N) is 4. The first-order valence-electron chi connectivity index (χ1n) is 13.2. The third-order valence-electron chi connectivity index (χ3n) is 3.82. The van der Waals surface area contributed by atoms with E-state index in [0.717, 1.165) is 6.07 Å². The molecule has 1 aromatic carbocycles. The first kappa shape index (κ1) is 12.1. The number of aliphatic hydroxyl groups excluding tert-OH is 1. The van der Waals surface area contributed by atoms with Gasteiger partial charge in [0.05, 0.1) is 17.4 Å². The van der Waals surface area contributed by atoms with Gasteiger partial charge in [0.1, 0.15) is 24.8 Å². The fraction of sp³-hybridized carbons (Fsp3) is 0.318. The Balaban J connectivity index is 1.72. The Morgan fingerprint density at radius 1 is 1.33 bits per heavy atom. The minimum absolute atomic E-state index is 0.0502. The van der Waals surface area contributed by atoms with Crippen LogP contribution in [0.3, 0.4) is 0 Å². The number of hydrogen-bond acceptors (Lipinski definition) is 6. The molecule has 0 aliphatic heterocycles. The predicted octanol–water partition coefficient (Wildman–Crippen LogP) is 3.76. The summed E-state index contributed by atoms with van der Waals surface area (Å²) in [6.45, 7) is -0.740. The average Bonchev–Trinajstić information content (AvgIpc) is 3.30. The largest absolute Gasteiger partial charge is 0.485 e. The molecule has 0 bridgehead atoms. The molecule has 0 unspecified atom stereocenters. The van der Waals surface area contributed by atoms with E-state index in [-0.39, 0.29) is 40.7 Å². The first-order chi connectivity index (χ1) is 18.1. The highest BCUT2D eigenvalue weighted by Crippen LogP contribution is 2.35. The fourth-order valence-electron chi connectivity index (χ4n) is 2.52. The van der Waals surface area contributed by atoms with Crippen molar-refractivity contribution < 1.29 is 26.6 Å². The number of hydrogen-bond donors (Lipinski definition) is 1. The Hall–Kier alpha value is -2.89. The summed E-state index contributed by atoms with van der Waals surface area (Å²) in [5.74, 6) is 4.28. The van der Waals surface area contributed by atoms with Crippen molar-refractivity contribution in [1.29, 1.82) is 0 Å². The summed E-state index contributed by atoms with van der Waals surface area (Å²) in [4.78, 5) is 4.02. The van der Waals surface area contributed by atoms with E-state index in [4.69, 9.17) is 22.2 Å². The summed E-state index contributed by atoms with van der Waals surface area (Å²) in [5.41, 5.74) is 0.368. The van der Waals surface area contributed by atoms with Gasteiger partial charge in [-0.2, -0.15) is 0 Å². The van der Waals surface area contributed by atoms with Crippen LogP contribution in [-0.2, 0) is 6.61 Å². The average molecular weight is 434 g/mol. The van der Waals surface area contributed by atoms with Gasteiger partial charge in [-0.1, -0.05) is 36.3 Å². The van der Waals surface area contributed by atoms with Gasteiger partial charge in [0.25, 0.3) is 0 Å². The Morgan fingerprint density at radius 3 is 2.93 bits per heavy atom. The Morgan fingerprint density at radius 2 is 2.20 bits per heavy atom. The molecule has 0 atom stereocenters. The van der Waals surface area contributed by atoms with Crippen molar-refractivity contribution >= 4 is 11.8 Å². The van der Waals surface area contributed by atoms with Crippen LogP contribution < -0.4 is 4.74 Å². The Kier molecular flexibility index (Phi) is 3.92. The van der Waals surface area contributed by atoms with Gasteiger partial charge in [-0.05, 0) is 37.0 Å². The fourth-order valence-corrected chi connectivity index (χ4v) is 3.29. The van der Waals surface area contributed by atoms with E-state index in [1.54, 1.807) is 12.1 Å². The van der Waals surface area contributed by atoms with E-state index in [1.165, 1.54) is 29.1 Å². The van der Waals surface area contributed by atoms with Crippen LogP contribution in [-0.4, -0.2) is 36.7 Å². The van der Waals surface area contributed by atoms with Crippen molar-refractivity contribution in [3.05, 3.63) is 59.9 Å². The normalized spacial score (nSPS) is 26.0. The number of halogens is 1. The van der Waals surface area contributed by atoms with Crippen LogP contribution in [0.15, 0.2) is 47.9 Å². The van der Waals surface area contributed by atoms with Crippen LogP contribution in [0.1, 0.15) is 49.2 Å². The third-order valence-corrected chi connectivity index (χ3v) is 4.68. The molecule has 0 spiro atoms. The smallest absolute Gasteiger partial charge is 0.196 e. The van der Waals surface area contributed by atoms with Crippen LogP contribution >= 0.6 is 11.8 Å². The van der Waals surface area contributed by atoms with Crippen molar-refractivity contribution in [2.24, 2.45) is 0 Å². The monoisotopic (exact) mass is 433 g/mol. The van der Waals surface area contributed by atoms with Gasteiger partial charge >= 0.3 is 0 Å². The number of thioether (sulfide) groups is 1. The van der Waals surface area contributed by atoms with Crippen molar-refractivity contribution in [3.8, 4) is 23.3 Å². The van der Waals surface area contributed by atoms with Gasteiger partial charge in [0.2, 0.25) is 0 Å². The Labute approximate surface area is 191 Å². The highest BCUT2D eigenvalue weighted by atomic mass is 32.2. The number of aromatic nitrogens is 4. The van der Waals surface area contributed by atoms with E-state index in [2.05, 4.69) is 27.0 Å². The zero-order chi connectivity index (χ0) is 28.9. The highest BCUT2D eigenvalue weighted by Gasteiger charge is 2.22. The minimum Gasteiger partial charge on any atom is -0.485 e. The topological polar surface area (TPSA) is 73.1 Å². The standard InChI is InChI=1S/C22H21FN4O2S/c23-20-13-18(10-9-16(20)5-4-12-28)29-15-21-25-26-22(30-19-7-1-2-8-19)27(21)17-6-3-11-24-14-17/h3,6,9-11,13-14,19,28H,1-2,7-8,12,15H2/i1D2,2D2,7D2,8D2,19D. The molecule has 0 amide bonds. The molecule has 3 aromatic rings. The minimum atomic E-state index is -3.36. The van der Waals surface area contributed by atoms with E-state index in [9.17, 15) is 4.39 Å². The summed E-state index contributed by atoms with van der Waals surface area (Å²) in [6.07, 6.45) is -10.5. The summed E-state index contributed by atoms with van der Waals surface area (Å²) in [5, 5.41) is 13.5. The quantitative estimate of drug-likeness (QED) is 0.597. The molecule has 2 aromatic heterocycles. The number of benzene rings is 1. The lowest BCUT2D eigenvalue weighted by Crippen LogP contribution is -2.08. The second kappa shape index (κ2) is 9.74. The van der Waals surface area contributed by atoms with Crippen LogP contribution in [0.2, 0.25) is 0 Å². The van der Waals surface area contributed by atoms with E-state index in [0.29, 0.717) is 5.69 Å².